The largest absolute Gasteiger partial charge is 0.495 e. The molecule has 4 heteroatoms. The average Bonchev–Trinajstić information content (AvgIpc) is 2.99. The van der Waals surface area contributed by atoms with Crippen LogP contribution in [-0.2, 0) is 9.53 Å². The van der Waals surface area contributed by atoms with Gasteiger partial charge in [-0.1, -0.05) is 19.9 Å². The van der Waals surface area contributed by atoms with Gasteiger partial charge >= 0.3 is 5.97 Å². The van der Waals surface area contributed by atoms with Crippen LogP contribution in [0.1, 0.15) is 64.4 Å². The second kappa shape index (κ2) is 6.85. The number of methoxy groups -OCH3 is 1. The number of fused-ring (bicyclic) bond motifs is 5. The third-order valence-corrected chi connectivity index (χ3v) is 9.22. The van der Waals surface area contributed by atoms with Gasteiger partial charge in [0, 0.05) is 12.6 Å². The molecule has 0 aromatic carbocycles. The Labute approximate surface area is 174 Å². The van der Waals surface area contributed by atoms with Crippen LogP contribution in [0.4, 0.5) is 0 Å². The first kappa shape index (κ1) is 19.1. The van der Waals surface area contributed by atoms with Gasteiger partial charge in [0.05, 0.1) is 19.9 Å². The molecule has 1 saturated heterocycles. The zero-order valence-electron chi connectivity index (χ0n) is 17.9. The molecule has 0 bridgehead atoms. The zero-order chi connectivity index (χ0) is 20.2. The minimum absolute atomic E-state index is 0.0215. The monoisotopic (exact) mass is 395 g/mol. The number of rotatable bonds is 2. The van der Waals surface area contributed by atoms with E-state index in [-0.39, 0.29) is 16.8 Å². The molecule has 0 N–H and O–H groups in total. The molecule has 29 heavy (non-hydrogen) atoms. The van der Waals surface area contributed by atoms with Gasteiger partial charge in [-0.05, 0) is 90.2 Å². The van der Waals surface area contributed by atoms with Gasteiger partial charge in [0.15, 0.2) is 0 Å². The maximum atomic E-state index is 12.1. The quantitative estimate of drug-likeness (QED) is 0.639. The van der Waals surface area contributed by atoms with Crippen molar-refractivity contribution in [3.8, 4) is 5.75 Å². The molecule has 1 aromatic heterocycles. The van der Waals surface area contributed by atoms with Gasteiger partial charge in [-0.15, -0.1) is 0 Å². The van der Waals surface area contributed by atoms with Crippen molar-refractivity contribution < 1.29 is 14.3 Å². The molecule has 4 aliphatic rings. The van der Waals surface area contributed by atoms with Crippen molar-refractivity contribution in [1.29, 1.82) is 0 Å². The van der Waals surface area contributed by atoms with Crippen LogP contribution >= 0.6 is 0 Å². The number of pyridine rings is 1. The van der Waals surface area contributed by atoms with E-state index in [1.165, 1.54) is 43.2 Å². The lowest BCUT2D eigenvalue weighted by Crippen LogP contribution is -2.51. The number of nitrogens with zero attached hydrogens (tertiary/aromatic N) is 1. The summed E-state index contributed by atoms with van der Waals surface area (Å²) in [6, 6.07) is 2.14. The van der Waals surface area contributed by atoms with Crippen LogP contribution in [0.25, 0.3) is 5.57 Å². The average molecular weight is 396 g/mol. The first-order valence-corrected chi connectivity index (χ1v) is 11.3. The SMILES string of the molecule is COc1cncc(C2=CCC3C4CCC5CC(=O)OCCC5(C)C4CCC23C)c1. The first-order valence-electron chi connectivity index (χ1n) is 11.3. The fraction of sp³-hybridized carbons (Fsp3) is 0.680. The Balaban J connectivity index is 1.44. The number of carbonyl (C=O) groups is 1. The normalized spacial score (nSPS) is 41.3. The minimum Gasteiger partial charge on any atom is -0.495 e. The van der Waals surface area contributed by atoms with Crippen molar-refractivity contribution in [2.75, 3.05) is 13.7 Å². The number of ether oxygens (including phenoxy) is 2. The third-order valence-electron chi connectivity index (χ3n) is 9.22. The van der Waals surface area contributed by atoms with Crippen molar-refractivity contribution in [2.45, 2.75) is 58.8 Å². The van der Waals surface area contributed by atoms with E-state index < -0.39 is 0 Å². The van der Waals surface area contributed by atoms with Crippen LogP contribution in [0.2, 0.25) is 0 Å². The summed E-state index contributed by atoms with van der Waals surface area (Å²) in [5.41, 5.74) is 3.16. The summed E-state index contributed by atoms with van der Waals surface area (Å²) in [5, 5.41) is 0. The third kappa shape index (κ3) is 2.85. The van der Waals surface area contributed by atoms with Crippen LogP contribution in [0.3, 0.4) is 0 Å². The molecule has 0 spiro atoms. The molecule has 6 unspecified atom stereocenters. The van der Waals surface area contributed by atoms with Crippen LogP contribution < -0.4 is 4.74 Å². The second-order valence-electron chi connectivity index (χ2n) is 10.3. The number of carbonyl (C=O) groups excluding carboxylic acids is 1. The summed E-state index contributed by atoms with van der Waals surface area (Å²) in [6.45, 7) is 5.56. The van der Waals surface area contributed by atoms with E-state index in [0.717, 1.165) is 18.1 Å². The molecule has 2 saturated carbocycles. The summed E-state index contributed by atoms with van der Waals surface area (Å²) in [6.07, 6.45) is 14.0. The summed E-state index contributed by atoms with van der Waals surface area (Å²) < 4.78 is 10.9. The molecule has 1 aromatic rings. The number of aromatic nitrogens is 1. The van der Waals surface area contributed by atoms with E-state index in [1.807, 2.05) is 6.20 Å². The lowest BCUT2D eigenvalue weighted by Gasteiger charge is -2.58. The predicted octanol–water partition coefficient (Wildman–Crippen LogP) is 5.28. The van der Waals surface area contributed by atoms with Crippen molar-refractivity contribution in [1.82, 2.24) is 4.98 Å². The fourth-order valence-electron chi connectivity index (χ4n) is 7.60. The van der Waals surface area contributed by atoms with Crippen molar-refractivity contribution in [3.63, 3.8) is 0 Å². The van der Waals surface area contributed by atoms with Gasteiger partial charge in [-0.3, -0.25) is 9.78 Å². The predicted molar refractivity (Wildman–Crippen MR) is 112 cm³/mol. The van der Waals surface area contributed by atoms with E-state index in [2.05, 4.69) is 31.0 Å². The maximum Gasteiger partial charge on any atom is 0.306 e. The van der Waals surface area contributed by atoms with Gasteiger partial charge in [0.2, 0.25) is 0 Å². The first-order chi connectivity index (χ1) is 14.0. The van der Waals surface area contributed by atoms with Gasteiger partial charge in [-0.2, -0.15) is 0 Å². The molecule has 156 valence electrons. The molecule has 2 heterocycles. The minimum atomic E-state index is 0.0215. The molecule has 6 atom stereocenters. The number of esters is 1. The topological polar surface area (TPSA) is 48.4 Å². The Bertz CT molecular complexity index is 848. The Hall–Kier alpha value is -1.84. The van der Waals surface area contributed by atoms with Crippen molar-refractivity contribution in [3.05, 3.63) is 30.1 Å². The van der Waals surface area contributed by atoms with Gasteiger partial charge in [0.1, 0.15) is 5.75 Å². The molecule has 3 aliphatic carbocycles. The Morgan fingerprint density at radius 3 is 2.83 bits per heavy atom. The summed E-state index contributed by atoms with van der Waals surface area (Å²) in [5.74, 6) is 3.51. The van der Waals surface area contributed by atoms with Crippen molar-refractivity contribution >= 4 is 11.5 Å². The summed E-state index contributed by atoms with van der Waals surface area (Å²) in [7, 11) is 1.71. The number of hydrogen-bond acceptors (Lipinski definition) is 4. The highest BCUT2D eigenvalue weighted by atomic mass is 16.5. The van der Waals surface area contributed by atoms with Gasteiger partial charge in [-0.25, -0.2) is 0 Å². The van der Waals surface area contributed by atoms with Crippen LogP contribution in [0.5, 0.6) is 5.75 Å². The molecule has 4 nitrogen and oxygen atoms in total. The molecule has 1 aliphatic heterocycles. The standard InChI is InChI=1S/C25H33NO3/c1-24-10-11-29-23(27)13-17(24)4-5-19-21-7-6-20(25(21,2)9-8-22(19)24)16-12-18(28-3)15-26-14-16/h6,12,14-15,17,19,21-22H,4-5,7-11,13H2,1-3H3. The maximum absolute atomic E-state index is 12.1. The Kier molecular flexibility index (Phi) is 4.52. The smallest absolute Gasteiger partial charge is 0.306 e. The molecular weight excluding hydrogens is 362 g/mol. The molecular formula is C25H33NO3. The van der Waals surface area contributed by atoms with Crippen LogP contribution in [0.15, 0.2) is 24.5 Å². The van der Waals surface area contributed by atoms with Gasteiger partial charge in [0.25, 0.3) is 0 Å². The highest BCUT2D eigenvalue weighted by Gasteiger charge is 2.58. The number of hydrogen-bond donors (Lipinski definition) is 0. The fourth-order valence-corrected chi connectivity index (χ4v) is 7.60. The van der Waals surface area contributed by atoms with Gasteiger partial charge < -0.3 is 9.47 Å². The Morgan fingerprint density at radius 2 is 2.00 bits per heavy atom. The lowest BCUT2D eigenvalue weighted by molar-refractivity contribution is -0.143. The summed E-state index contributed by atoms with van der Waals surface area (Å²) in [4.78, 5) is 16.5. The second-order valence-corrected chi connectivity index (χ2v) is 10.3. The highest BCUT2D eigenvalue weighted by Crippen LogP contribution is 2.66. The molecule has 3 fully saturated rings. The Morgan fingerprint density at radius 1 is 1.14 bits per heavy atom. The van der Waals surface area contributed by atoms with E-state index in [9.17, 15) is 4.79 Å². The van der Waals surface area contributed by atoms with E-state index >= 15 is 0 Å². The molecule has 5 rings (SSSR count). The molecule has 0 radical (unpaired) electrons. The van der Waals surface area contributed by atoms with E-state index in [1.54, 1.807) is 13.3 Å². The number of allylic oxidation sites excluding steroid dienone is 2. The van der Waals surface area contributed by atoms with Crippen LogP contribution in [-0.4, -0.2) is 24.7 Å². The lowest BCUT2D eigenvalue weighted by atomic mass is 9.46. The van der Waals surface area contributed by atoms with Crippen molar-refractivity contribution in [2.24, 2.45) is 34.5 Å². The molecule has 0 amide bonds. The summed E-state index contributed by atoms with van der Waals surface area (Å²) >= 11 is 0. The van der Waals surface area contributed by atoms with Crippen LogP contribution in [0, 0.1) is 34.5 Å². The van der Waals surface area contributed by atoms with E-state index in [0.29, 0.717) is 30.8 Å². The number of cyclic esters (lactones) is 1. The highest BCUT2D eigenvalue weighted by molar-refractivity contribution is 5.73. The van der Waals surface area contributed by atoms with E-state index in [4.69, 9.17) is 9.47 Å². The zero-order valence-corrected chi connectivity index (χ0v) is 17.9.